The van der Waals surface area contributed by atoms with Crippen LogP contribution in [0, 0.1) is 5.92 Å². The average Bonchev–Trinajstić information content (AvgIpc) is 3.09. The lowest BCUT2D eigenvalue weighted by Crippen LogP contribution is -2.51. The number of aromatic nitrogens is 2. The number of H-pyrrole nitrogens is 1. The van der Waals surface area contributed by atoms with Gasteiger partial charge in [-0.05, 0) is 25.3 Å². The lowest BCUT2D eigenvalue weighted by Gasteiger charge is -2.39. The van der Waals surface area contributed by atoms with Crippen molar-refractivity contribution in [3.05, 3.63) is 18.2 Å². The maximum absolute atomic E-state index is 12.8. The molecule has 1 N–H and O–H groups in total. The van der Waals surface area contributed by atoms with Crippen LogP contribution in [0.1, 0.15) is 50.9 Å². The van der Waals surface area contributed by atoms with Gasteiger partial charge >= 0.3 is 0 Å². The van der Waals surface area contributed by atoms with E-state index in [4.69, 9.17) is 0 Å². The Morgan fingerprint density at radius 3 is 2.70 bits per heavy atom. The van der Waals surface area contributed by atoms with E-state index in [1.54, 1.807) is 16.7 Å². The number of hydrogen-bond donors (Lipinski definition) is 1. The van der Waals surface area contributed by atoms with E-state index in [-0.39, 0.29) is 6.04 Å². The summed E-state index contributed by atoms with van der Waals surface area (Å²) in [7, 11) is -3.17. The predicted molar refractivity (Wildman–Crippen MR) is 90.5 cm³/mol. The molecule has 130 valence electrons. The molecule has 0 bridgehead atoms. The van der Waals surface area contributed by atoms with E-state index in [0.29, 0.717) is 24.8 Å². The van der Waals surface area contributed by atoms with Crippen LogP contribution in [0.4, 0.5) is 0 Å². The molecule has 23 heavy (non-hydrogen) atoms. The average molecular weight is 340 g/mol. The highest BCUT2D eigenvalue weighted by atomic mass is 32.2. The minimum absolute atomic E-state index is 0.0323. The van der Waals surface area contributed by atoms with Gasteiger partial charge in [-0.15, -0.1) is 0 Å². The van der Waals surface area contributed by atoms with E-state index in [9.17, 15) is 8.42 Å². The normalized spacial score (nSPS) is 25.7. The Kier molecular flexibility index (Phi) is 5.38. The third kappa shape index (κ3) is 3.95. The highest BCUT2D eigenvalue weighted by Gasteiger charge is 2.35. The first kappa shape index (κ1) is 16.9. The first-order valence-electron chi connectivity index (χ1n) is 8.81. The van der Waals surface area contributed by atoms with Crippen LogP contribution < -0.4 is 0 Å². The van der Waals surface area contributed by atoms with E-state index >= 15 is 0 Å². The Labute approximate surface area is 139 Å². The van der Waals surface area contributed by atoms with Gasteiger partial charge < -0.3 is 4.98 Å². The molecule has 0 aromatic carbocycles. The molecule has 3 rings (SSSR count). The summed E-state index contributed by atoms with van der Waals surface area (Å²) in [6.45, 7) is 4.90. The van der Waals surface area contributed by atoms with E-state index in [2.05, 4.69) is 21.8 Å². The molecule has 0 unspecified atom stereocenters. The second kappa shape index (κ2) is 7.32. The summed E-state index contributed by atoms with van der Waals surface area (Å²) >= 11 is 0. The number of sulfonamides is 1. The second-order valence-corrected chi connectivity index (χ2v) is 8.77. The monoisotopic (exact) mass is 340 g/mol. The second-order valence-electron chi connectivity index (χ2n) is 6.76. The lowest BCUT2D eigenvalue weighted by molar-refractivity contribution is 0.119. The van der Waals surface area contributed by atoms with Crippen molar-refractivity contribution in [2.75, 3.05) is 31.9 Å². The van der Waals surface area contributed by atoms with Gasteiger partial charge in [0.15, 0.2) is 0 Å². The third-order valence-corrected chi connectivity index (χ3v) is 7.27. The Bertz CT molecular complexity index is 581. The van der Waals surface area contributed by atoms with Crippen molar-refractivity contribution < 1.29 is 8.42 Å². The molecule has 0 radical (unpaired) electrons. The molecule has 2 heterocycles. The fraction of sp³-hybridized carbons (Fsp3) is 0.812. The standard InChI is InChI=1S/C16H28N4O2S/c1-2-19-10-11-20(12-15(19)16-17-8-9-18-16)23(21,22)13-14-6-4-3-5-7-14/h8-9,14-15H,2-7,10-13H2,1H3,(H,17,18)/t15-/m1/s1. The number of piperazine rings is 1. The van der Waals surface area contributed by atoms with Crippen molar-refractivity contribution in [3.8, 4) is 0 Å². The van der Waals surface area contributed by atoms with Gasteiger partial charge in [-0.25, -0.2) is 13.4 Å². The smallest absolute Gasteiger partial charge is 0.214 e. The number of nitrogens with zero attached hydrogens (tertiary/aromatic N) is 3. The van der Waals surface area contributed by atoms with Gasteiger partial charge in [0.2, 0.25) is 10.0 Å². The topological polar surface area (TPSA) is 69.3 Å². The first-order chi connectivity index (χ1) is 11.1. The molecule has 2 aliphatic rings. The fourth-order valence-electron chi connectivity index (χ4n) is 3.90. The van der Waals surface area contributed by atoms with Crippen LogP contribution in [0.15, 0.2) is 12.4 Å². The molecule has 1 aliphatic heterocycles. The van der Waals surface area contributed by atoms with Gasteiger partial charge in [-0.2, -0.15) is 4.31 Å². The van der Waals surface area contributed by atoms with Crippen LogP contribution >= 0.6 is 0 Å². The SMILES string of the molecule is CCN1CCN(S(=O)(=O)CC2CCCCC2)C[C@@H]1c1ncc[nH]1. The maximum Gasteiger partial charge on any atom is 0.214 e. The molecule has 1 saturated carbocycles. The fourth-order valence-corrected chi connectivity index (χ4v) is 5.77. The van der Waals surface area contributed by atoms with E-state index in [0.717, 1.165) is 31.8 Å². The Morgan fingerprint density at radius 2 is 2.04 bits per heavy atom. The number of hydrogen-bond acceptors (Lipinski definition) is 4. The van der Waals surface area contributed by atoms with Gasteiger partial charge in [0.05, 0.1) is 11.8 Å². The van der Waals surface area contributed by atoms with Crippen molar-refractivity contribution in [1.29, 1.82) is 0 Å². The quantitative estimate of drug-likeness (QED) is 0.890. The number of nitrogens with one attached hydrogen (secondary N) is 1. The van der Waals surface area contributed by atoms with Crippen molar-refractivity contribution >= 4 is 10.0 Å². The largest absolute Gasteiger partial charge is 0.347 e. The number of likely N-dealkylation sites (N-methyl/N-ethyl adjacent to an activating group) is 1. The van der Waals surface area contributed by atoms with Gasteiger partial charge in [0.25, 0.3) is 0 Å². The zero-order valence-corrected chi connectivity index (χ0v) is 14.8. The third-order valence-electron chi connectivity index (χ3n) is 5.26. The summed E-state index contributed by atoms with van der Waals surface area (Å²) in [6, 6.07) is 0.0323. The van der Waals surface area contributed by atoms with Gasteiger partial charge in [0, 0.05) is 32.0 Å². The summed E-state index contributed by atoms with van der Waals surface area (Å²) in [5, 5.41) is 0. The molecule has 7 heteroatoms. The molecular formula is C16H28N4O2S. The highest BCUT2D eigenvalue weighted by Crippen LogP contribution is 2.28. The summed E-state index contributed by atoms with van der Waals surface area (Å²) < 4.78 is 27.4. The van der Waals surface area contributed by atoms with E-state index in [1.165, 1.54) is 19.3 Å². The van der Waals surface area contributed by atoms with Crippen LogP contribution in [-0.2, 0) is 10.0 Å². The molecule has 0 spiro atoms. The highest BCUT2D eigenvalue weighted by molar-refractivity contribution is 7.89. The molecule has 2 fully saturated rings. The zero-order chi connectivity index (χ0) is 16.3. The maximum atomic E-state index is 12.8. The molecule has 1 atom stereocenters. The van der Waals surface area contributed by atoms with Crippen molar-refractivity contribution in [2.24, 2.45) is 5.92 Å². The number of rotatable bonds is 5. The summed E-state index contributed by atoms with van der Waals surface area (Å²) in [5.41, 5.74) is 0. The molecular weight excluding hydrogens is 312 g/mol. The number of imidazole rings is 1. The lowest BCUT2D eigenvalue weighted by atomic mass is 9.91. The molecule has 1 aromatic heterocycles. The van der Waals surface area contributed by atoms with Crippen molar-refractivity contribution in [3.63, 3.8) is 0 Å². The van der Waals surface area contributed by atoms with E-state index < -0.39 is 10.0 Å². The minimum Gasteiger partial charge on any atom is -0.347 e. The Balaban J connectivity index is 1.69. The molecule has 0 amide bonds. The summed E-state index contributed by atoms with van der Waals surface area (Å²) in [4.78, 5) is 9.80. The van der Waals surface area contributed by atoms with Crippen LogP contribution in [0.5, 0.6) is 0 Å². The van der Waals surface area contributed by atoms with Gasteiger partial charge in [-0.3, -0.25) is 4.90 Å². The van der Waals surface area contributed by atoms with Crippen LogP contribution in [0.3, 0.4) is 0 Å². The van der Waals surface area contributed by atoms with E-state index in [1.807, 2.05) is 0 Å². The van der Waals surface area contributed by atoms with Crippen molar-refractivity contribution in [2.45, 2.75) is 45.1 Å². The predicted octanol–water partition coefficient (Wildman–Crippen LogP) is 2.00. The minimum atomic E-state index is -3.17. The van der Waals surface area contributed by atoms with Gasteiger partial charge in [-0.1, -0.05) is 26.2 Å². The molecule has 1 saturated heterocycles. The van der Waals surface area contributed by atoms with Crippen LogP contribution in [0.2, 0.25) is 0 Å². The molecule has 1 aliphatic carbocycles. The zero-order valence-electron chi connectivity index (χ0n) is 13.9. The Morgan fingerprint density at radius 1 is 1.26 bits per heavy atom. The molecule has 6 nitrogen and oxygen atoms in total. The first-order valence-corrected chi connectivity index (χ1v) is 10.4. The van der Waals surface area contributed by atoms with Crippen LogP contribution in [-0.4, -0.2) is 59.5 Å². The summed E-state index contributed by atoms with van der Waals surface area (Å²) in [5.74, 6) is 1.54. The molecule has 1 aromatic rings. The number of aromatic amines is 1. The van der Waals surface area contributed by atoms with Crippen LogP contribution in [0.25, 0.3) is 0 Å². The summed E-state index contributed by atoms with van der Waals surface area (Å²) in [6.07, 6.45) is 9.28. The van der Waals surface area contributed by atoms with Crippen molar-refractivity contribution in [1.82, 2.24) is 19.2 Å². The Hall–Kier alpha value is -0.920. The van der Waals surface area contributed by atoms with Gasteiger partial charge in [0.1, 0.15) is 5.82 Å².